The number of nitrogens with zero attached hydrogens (tertiary/aromatic N) is 4. The fraction of sp³-hybridized carbons (Fsp3) is 0.786. The van der Waals surface area contributed by atoms with Gasteiger partial charge in [-0.2, -0.15) is 4.68 Å². The number of halogens is 1. The first-order valence-corrected chi connectivity index (χ1v) is 7.68. The molecular weight excluding hydrogens is 306 g/mol. The van der Waals surface area contributed by atoms with Crippen LogP contribution in [0.2, 0.25) is 0 Å². The standard InChI is InChI=1S/C14H23N5O2.ClH/c1-14(5-6-15-10-14)11-17-7-2-12(3-8-17)18-9-4-13(16-18)19(20)21;/h4,9,12,15H,2-3,5-8,10-11H2,1H3;1H. The highest BCUT2D eigenvalue weighted by molar-refractivity contribution is 5.85. The molecule has 1 aromatic heterocycles. The van der Waals surface area contributed by atoms with E-state index in [2.05, 4.69) is 22.2 Å². The van der Waals surface area contributed by atoms with Crippen molar-refractivity contribution in [1.29, 1.82) is 0 Å². The van der Waals surface area contributed by atoms with Crippen molar-refractivity contribution in [2.75, 3.05) is 32.7 Å². The molecule has 0 radical (unpaired) electrons. The van der Waals surface area contributed by atoms with Gasteiger partial charge in [0.1, 0.15) is 0 Å². The second kappa shape index (κ2) is 6.93. The Morgan fingerprint density at radius 1 is 1.50 bits per heavy atom. The van der Waals surface area contributed by atoms with Gasteiger partial charge in [-0.05, 0) is 36.1 Å². The summed E-state index contributed by atoms with van der Waals surface area (Å²) in [7, 11) is 0. The molecule has 1 aromatic rings. The highest BCUT2D eigenvalue weighted by Crippen LogP contribution is 2.29. The molecule has 7 nitrogen and oxygen atoms in total. The molecule has 0 spiro atoms. The minimum Gasteiger partial charge on any atom is -0.358 e. The van der Waals surface area contributed by atoms with Gasteiger partial charge in [-0.3, -0.25) is 0 Å². The Bertz CT molecular complexity index is 507. The van der Waals surface area contributed by atoms with Gasteiger partial charge < -0.3 is 20.3 Å². The van der Waals surface area contributed by atoms with Crippen LogP contribution in [0.5, 0.6) is 0 Å². The van der Waals surface area contributed by atoms with Gasteiger partial charge in [0.2, 0.25) is 0 Å². The molecule has 3 heterocycles. The number of nitrogens with one attached hydrogen (secondary N) is 1. The Morgan fingerprint density at radius 2 is 2.23 bits per heavy atom. The van der Waals surface area contributed by atoms with E-state index in [1.54, 1.807) is 10.9 Å². The third kappa shape index (κ3) is 3.77. The van der Waals surface area contributed by atoms with Crippen LogP contribution < -0.4 is 5.32 Å². The van der Waals surface area contributed by atoms with E-state index in [0.717, 1.165) is 45.6 Å². The minimum atomic E-state index is -0.431. The molecule has 2 aliphatic heterocycles. The monoisotopic (exact) mass is 329 g/mol. The predicted molar refractivity (Wildman–Crippen MR) is 86.4 cm³/mol. The lowest BCUT2D eigenvalue weighted by molar-refractivity contribution is -0.389. The molecule has 1 N–H and O–H groups in total. The van der Waals surface area contributed by atoms with Crippen LogP contribution in [-0.2, 0) is 0 Å². The zero-order valence-electron chi connectivity index (χ0n) is 12.9. The van der Waals surface area contributed by atoms with Gasteiger partial charge in [0, 0.05) is 26.2 Å². The maximum atomic E-state index is 10.7. The number of aromatic nitrogens is 2. The number of nitro groups is 1. The molecule has 0 amide bonds. The average Bonchev–Trinajstić information content (AvgIpc) is 3.09. The van der Waals surface area contributed by atoms with E-state index in [9.17, 15) is 10.1 Å². The SMILES string of the molecule is CC1(CN2CCC(n3ccc([N+](=O)[O-])n3)CC2)CCNC1.Cl. The minimum absolute atomic E-state index is 0. The van der Waals surface area contributed by atoms with Gasteiger partial charge in [-0.1, -0.05) is 6.92 Å². The molecule has 22 heavy (non-hydrogen) atoms. The number of hydrogen-bond acceptors (Lipinski definition) is 5. The summed E-state index contributed by atoms with van der Waals surface area (Å²) in [4.78, 5) is 12.8. The Balaban J connectivity index is 0.00000176. The topological polar surface area (TPSA) is 76.2 Å². The van der Waals surface area contributed by atoms with Crippen molar-refractivity contribution >= 4 is 18.2 Å². The Labute approximate surface area is 136 Å². The zero-order valence-corrected chi connectivity index (χ0v) is 13.7. The molecule has 2 fully saturated rings. The van der Waals surface area contributed by atoms with Crippen molar-refractivity contribution in [3.63, 3.8) is 0 Å². The summed E-state index contributed by atoms with van der Waals surface area (Å²) >= 11 is 0. The van der Waals surface area contributed by atoms with E-state index < -0.39 is 4.92 Å². The second-order valence-electron chi connectivity index (χ2n) is 6.66. The molecule has 2 saturated heterocycles. The van der Waals surface area contributed by atoms with Crippen molar-refractivity contribution in [2.24, 2.45) is 5.41 Å². The lowest BCUT2D eigenvalue weighted by atomic mass is 9.88. The van der Waals surface area contributed by atoms with E-state index in [-0.39, 0.29) is 18.2 Å². The van der Waals surface area contributed by atoms with E-state index in [1.165, 1.54) is 12.5 Å². The third-order valence-corrected chi connectivity index (χ3v) is 4.77. The predicted octanol–water partition coefficient (Wildman–Crippen LogP) is 1.85. The number of hydrogen-bond donors (Lipinski definition) is 1. The second-order valence-corrected chi connectivity index (χ2v) is 6.66. The molecule has 0 bridgehead atoms. The molecule has 3 rings (SSSR count). The lowest BCUT2D eigenvalue weighted by Gasteiger charge is -2.36. The van der Waals surface area contributed by atoms with E-state index in [0.29, 0.717) is 11.5 Å². The van der Waals surface area contributed by atoms with Crippen LogP contribution >= 0.6 is 12.4 Å². The van der Waals surface area contributed by atoms with Crippen LogP contribution in [0.1, 0.15) is 32.2 Å². The Kier molecular flexibility index (Phi) is 5.41. The number of likely N-dealkylation sites (tertiary alicyclic amines) is 1. The average molecular weight is 330 g/mol. The van der Waals surface area contributed by atoms with Gasteiger partial charge in [0.25, 0.3) is 0 Å². The van der Waals surface area contributed by atoms with Crippen molar-refractivity contribution in [1.82, 2.24) is 20.0 Å². The van der Waals surface area contributed by atoms with Gasteiger partial charge in [-0.25, -0.2) is 0 Å². The highest BCUT2D eigenvalue weighted by atomic mass is 35.5. The quantitative estimate of drug-likeness (QED) is 0.674. The van der Waals surface area contributed by atoms with Crippen LogP contribution in [0.15, 0.2) is 12.3 Å². The smallest absolute Gasteiger partial charge is 0.358 e. The highest BCUT2D eigenvalue weighted by Gasteiger charge is 2.33. The summed E-state index contributed by atoms with van der Waals surface area (Å²) in [5.74, 6) is -0.0537. The van der Waals surface area contributed by atoms with Gasteiger partial charge in [-0.15, -0.1) is 12.4 Å². The maximum absolute atomic E-state index is 10.7. The van der Waals surface area contributed by atoms with Gasteiger partial charge in [0.15, 0.2) is 0 Å². The molecule has 0 saturated carbocycles. The summed E-state index contributed by atoms with van der Waals surface area (Å²) in [5, 5.41) is 18.2. The summed E-state index contributed by atoms with van der Waals surface area (Å²) in [6.07, 6.45) is 5.02. The first-order valence-electron chi connectivity index (χ1n) is 7.68. The number of rotatable bonds is 4. The normalized spacial score (nSPS) is 26.8. The number of piperidine rings is 1. The van der Waals surface area contributed by atoms with Crippen LogP contribution in [0.25, 0.3) is 0 Å². The first-order chi connectivity index (χ1) is 10.1. The molecule has 0 aromatic carbocycles. The molecule has 0 aliphatic carbocycles. The Morgan fingerprint density at radius 3 is 2.77 bits per heavy atom. The van der Waals surface area contributed by atoms with Crippen LogP contribution in [0, 0.1) is 15.5 Å². The zero-order chi connectivity index (χ0) is 14.9. The molecule has 1 atom stereocenters. The largest absolute Gasteiger partial charge is 0.389 e. The lowest BCUT2D eigenvalue weighted by Crippen LogP contribution is -2.42. The van der Waals surface area contributed by atoms with Crippen LogP contribution in [-0.4, -0.2) is 52.3 Å². The van der Waals surface area contributed by atoms with E-state index >= 15 is 0 Å². The molecule has 1 unspecified atom stereocenters. The van der Waals surface area contributed by atoms with Gasteiger partial charge in [0.05, 0.1) is 23.4 Å². The van der Waals surface area contributed by atoms with Crippen LogP contribution in [0.4, 0.5) is 5.82 Å². The van der Waals surface area contributed by atoms with Crippen molar-refractivity contribution in [3.8, 4) is 0 Å². The Hall–Kier alpha value is -1.18. The maximum Gasteiger partial charge on any atom is 0.389 e. The fourth-order valence-corrected chi connectivity index (χ4v) is 3.51. The van der Waals surface area contributed by atoms with Crippen molar-refractivity contribution in [2.45, 2.75) is 32.2 Å². The van der Waals surface area contributed by atoms with Gasteiger partial charge >= 0.3 is 5.82 Å². The summed E-state index contributed by atoms with van der Waals surface area (Å²) in [6.45, 7) is 7.84. The van der Waals surface area contributed by atoms with E-state index in [1.807, 2.05) is 0 Å². The summed E-state index contributed by atoms with van der Waals surface area (Å²) in [6, 6.07) is 1.78. The van der Waals surface area contributed by atoms with Crippen molar-refractivity contribution < 1.29 is 4.92 Å². The summed E-state index contributed by atoms with van der Waals surface area (Å²) in [5.41, 5.74) is 0.400. The molecular formula is C14H24ClN5O2. The molecule has 2 aliphatic rings. The third-order valence-electron chi connectivity index (χ3n) is 4.77. The fourth-order valence-electron chi connectivity index (χ4n) is 3.51. The van der Waals surface area contributed by atoms with Crippen LogP contribution in [0.3, 0.4) is 0 Å². The summed E-state index contributed by atoms with van der Waals surface area (Å²) < 4.78 is 1.77. The van der Waals surface area contributed by atoms with Crippen molar-refractivity contribution in [3.05, 3.63) is 22.4 Å². The van der Waals surface area contributed by atoms with E-state index in [4.69, 9.17) is 0 Å². The molecule has 8 heteroatoms. The first kappa shape index (κ1) is 17.2. The molecule has 124 valence electrons.